The Bertz CT molecular complexity index is 1040. The van der Waals surface area contributed by atoms with E-state index in [0.717, 1.165) is 11.3 Å². The maximum absolute atomic E-state index is 13.4. The zero-order valence-electron chi connectivity index (χ0n) is 15.3. The van der Waals surface area contributed by atoms with Crippen LogP contribution in [0.1, 0.15) is 22.9 Å². The topological polar surface area (TPSA) is 70.5 Å². The summed E-state index contributed by atoms with van der Waals surface area (Å²) >= 11 is 0. The molecule has 2 aromatic carbocycles. The fraction of sp³-hybridized carbons (Fsp3) is 0.227. The van der Waals surface area contributed by atoms with Gasteiger partial charge in [0, 0.05) is 30.4 Å². The van der Waals surface area contributed by atoms with E-state index in [1.165, 1.54) is 4.31 Å². The zero-order chi connectivity index (χ0) is 19.6. The van der Waals surface area contributed by atoms with Crippen LogP contribution in [0.4, 0.5) is 0 Å². The lowest BCUT2D eigenvalue weighted by molar-refractivity contribution is 0.0795. The summed E-state index contributed by atoms with van der Waals surface area (Å²) in [5.41, 5.74) is 2.27. The molecule has 0 saturated carbocycles. The van der Waals surface area contributed by atoms with Gasteiger partial charge in [-0.15, -0.1) is 0 Å². The maximum atomic E-state index is 13.4. The van der Waals surface area contributed by atoms with Gasteiger partial charge >= 0.3 is 0 Å². The molecule has 0 bridgehead atoms. The van der Waals surface area contributed by atoms with Crippen molar-refractivity contribution in [2.75, 3.05) is 6.54 Å². The van der Waals surface area contributed by atoms with E-state index in [9.17, 15) is 13.5 Å². The van der Waals surface area contributed by atoms with E-state index in [2.05, 4.69) is 4.98 Å². The van der Waals surface area contributed by atoms with Crippen LogP contribution in [0.5, 0.6) is 0 Å². The van der Waals surface area contributed by atoms with E-state index in [-0.39, 0.29) is 4.90 Å². The quantitative estimate of drug-likeness (QED) is 0.722. The van der Waals surface area contributed by atoms with Crippen LogP contribution in [0, 0.1) is 0 Å². The Morgan fingerprint density at radius 3 is 2.39 bits per heavy atom. The van der Waals surface area contributed by atoms with Gasteiger partial charge in [-0.2, -0.15) is 4.31 Å². The molecular weight excluding hydrogens is 372 g/mol. The Kier molecular flexibility index (Phi) is 5.26. The minimum Gasteiger partial charge on any atom is -0.387 e. The Labute approximate surface area is 165 Å². The minimum absolute atomic E-state index is 0.188. The van der Waals surface area contributed by atoms with Crippen molar-refractivity contribution in [2.24, 2.45) is 0 Å². The van der Waals surface area contributed by atoms with Crippen molar-refractivity contribution in [2.45, 2.75) is 29.9 Å². The van der Waals surface area contributed by atoms with Gasteiger partial charge < -0.3 is 5.11 Å². The summed E-state index contributed by atoms with van der Waals surface area (Å²) in [6.45, 7) is 0.301. The number of aliphatic hydroxyl groups excluding tert-OH is 1. The van der Waals surface area contributed by atoms with Gasteiger partial charge in [-0.1, -0.05) is 54.6 Å². The number of hydrogen-bond acceptors (Lipinski definition) is 4. The fourth-order valence-electron chi connectivity index (χ4n) is 3.75. The molecule has 28 heavy (non-hydrogen) atoms. The number of fused-ring (bicyclic) bond motifs is 1. The van der Waals surface area contributed by atoms with Crippen LogP contribution in [0.2, 0.25) is 0 Å². The summed E-state index contributed by atoms with van der Waals surface area (Å²) in [5, 5.41) is 11.0. The van der Waals surface area contributed by atoms with Crippen molar-refractivity contribution < 1.29 is 13.5 Å². The van der Waals surface area contributed by atoms with Crippen LogP contribution in [0.3, 0.4) is 0 Å². The van der Waals surface area contributed by atoms with E-state index < -0.39 is 22.2 Å². The van der Waals surface area contributed by atoms with Crippen LogP contribution in [0.15, 0.2) is 83.9 Å². The second-order valence-corrected chi connectivity index (χ2v) is 8.79. The molecule has 5 nitrogen and oxygen atoms in total. The summed E-state index contributed by atoms with van der Waals surface area (Å²) in [7, 11) is -3.71. The number of rotatable bonds is 5. The molecule has 1 aliphatic rings. The van der Waals surface area contributed by atoms with Crippen LogP contribution in [-0.2, 0) is 22.9 Å². The third-order valence-corrected chi connectivity index (χ3v) is 7.17. The molecule has 2 heterocycles. The molecular formula is C22H22N2O3S. The Hall–Kier alpha value is -2.54. The summed E-state index contributed by atoms with van der Waals surface area (Å²) in [6.07, 6.45) is 1.71. The molecule has 0 saturated heterocycles. The SMILES string of the molecule is O=S1(=O)c2ccccc2[C@@H](O)[C@@H](Cc2ccccn2)N1CCc1ccccc1. The first-order valence-corrected chi connectivity index (χ1v) is 10.7. The second kappa shape index (κ2) is 7.83. The zero-order valence-corrected chi connectivity index (χ0v) is 16.2. The molecule has 1 aliphatic heterocycles. The highest BCUT2D eigenvalue weighted by Crippen LogP contribution is 2.37. The van der Waals surface area contributed by atoms with Crippen LogP contribution in [0.25, 0.3) is 0 Å². The summed E-state index contributed by atoms with van der Waals surface area (Å²) in [5.74, 6) is 0. The summed E-state index contributed by atoms with van der Waals surface area (Å²) in [4.78, 5) is 4.52. The average Bonchev–Trinajstić information content (AvgIpc) is 2.73. The maximum Gasteiger partial charge on any atom is 0.243 e. The van der Waals surface area contributed by atoms with Gasteiger partial charge in [-0.05, 0) is 30.2 Å². The number of hydrogen-bond donors (Lipinski definition) is 1. The second-order valence-electron chi connectivity index (χ2n) is 6.93. The standard InChI is InChI=1S/C22H22N2O3S/c25-22-19-11-4-5-12-21(19)28(26,27)24(15-13-17-8-2-1-3-9-17)20(22)16-18-10-6-7-14-23-18/h1-12,14,20,22,25H,13,15-16H2/t20-,22-/m1/s1. The predicted octanol–water partition coefficient (Wildman–Crippen LogP) is 2.97. The van der Waals surface area contributed by atoms with Crippen molar-refractivity contribution >= 4 is 10.0 Å². The van der Waals surface area contributed by atoms with Crippen LogP contribution >= 0.6 is 0 Å². The number of aromatic nitrogens is 1. The number of pyridine rings is 1. The van der Waals surface area contributed by atoms with Gasteiger partial charge in [0.2, 0.25) is 10.0 Å². The highest BCUT2D eigenvalue weighted by Gasteiger charge is 2.43. The Morgan fingerprint density at radius 2 is 1.64 bits per heavy atom. The van der Waals surface area contributed by atoms with E-state index in [0.29, 0.717) is 24.9 Å². The van der Waals surface area contributed by atoms with Gasteiger partial charge in [0.1, 0.15) is 0 Å². The lowest BCUT2D eigenvalue weighted by Crippen LogP contribution is -2.49. The number of benzene rings is 2. The summed E-state index contributed by atoms with van der Waals surface area (Å²) in [6, 6.07) is 21.4. The van der Waals surface area contributed by atoms with Crippen LogP contribution in [-0.4, -0.2) is 35.4 Å². The first-order valence-electron chi connectivity index (χ1n) is 9.30. The minimum atomic E-state index is -3.71. The van der Waals surface area contributed by atoms with Crippen molar-refractivity contribution in [1.29, 1.82) is 0 Å². The van der Waals surface area contributed by atoms with E-state index in [4.69, 9.17) is 0 Å². The van der Waals surface area contributed by atoms with Gasteiger partial charge in [0.05, 0.1) is 17.0 Å². The normalized spacial score (nSPS) is 21.2. The number of aliphatic hydroxyl groups is 1. The highest BCUT2D eigenvalue weighted by atomic mass is 32.2. The monoisotopic (exact) mass is 394 g/mol. The summed E-state index contributed by atoms with van der Waals surface area (Å²) < 4.78 is 28.2. The molecule has 0 amide bonds. The Morgan fingerprint density at radius 1 is 0.929 bits per heavy atom. The van der Waals surface area contributed by atoms with E-state index >= 15 is 0 Å². The first kappa shape index (κ1) is 18.8. The van der Waals surface area contributed by atoms with Crippen molar-refractivity contribution in [1.82, 2.24) is 9.29 Å². The third-order valence-electron chi connectivity index (χ3n) is 5.17. The molecule has 0 fully saturated rings. The molecule has 2 atom stereocenters. The van der Waals surface area contributed by atoms with E-state index in [1.54, 1.807) is 30.5 Å². The molecule has 0 aliphatic carbocycles. The molecule has 1 N–H and O–H groups in total. The smallest absolute Gasteiger partial charge is 0.243 e. The van der Waals surface area contributed by atoms with Crippen molar-refractivity contribution in [3.63, 3.8) is 0 Å². The largest absolute Gasteiger partial charge is 0.387 e. The molecule has 1 aromatic heterocycles. The van der Waals surface area contributed by atoms with Crippen LogP contribution < -0.4 is 0 Å². The molecule has 4 rings (SSSR count). The van der Waals surface area contributed by atoms with Gasteiger partial charge in [-0.25, -0.2) is 8.42 Å². The van der Waals surface area contributed by atoms with Gasteiger partial charge in [0.15, 0.2) is 0 Å². The molecule has 3 aromatic rings. The van der Waals surface area contributed by atoms with Gasteiger partial charge in [-0.3, -0.25) is 4.98 Å². The molecule has 144 valence electrons. The fourth-order valence-corrected chi connectivity index (χ4v) is 5.61. The first-order chi connectivity index (χ1) is 13.6. The predicted molar refractivity (Wildman–Crippen MR) is 107 cm³/mol. The number of nitrogens with zero attached hydrogens (tertiary/aromatic N) is 2. The number of sulfonamides is 1. The molecule has 0 unspecified atom stereocenters. The lowest BCUT2D eigenvalue weighted by atomic mass is 9.97. The Balaban J connectivity index is 1.71. The molecule has 6 heteroatoms. The van der Waals surface area contributed by atoms with E-state index in [1.807, 2.05) is 48.5 Å². The van der Waals surface area contributed by atoms with Crippen molar-refractivity contribution in [3.8, 4) is 0 Å². The molecule has 0 radical (unpaired) electrons. The highest BCUT2D eigenvalue weighted by molar-refractivity contribution is 7.89. The lowest BCUT2D eigenvalue weighted by Gasteiger charge is -2.39. The van der Waals surface area contributed by atoms with Crippen molar-refractivity contribution in [3.05, 3.63) is 95.8 Å². The molecule has 0 spiro atoms. The average molecular weight is 394 g/mol. The third kappa shape index (κ3) is 3.58. The van der Waals surface area contributed by atoms with Gasteiger partial charge in [0.25, 0.3) is 0 Å².